The predicted octanol–water partition coefficient (Wildman–Crippen LogP) is 7.24. The van der Waals surface area contributed by atoms with Gasteiger partial charge in [-0.1, -0.05) is 72.8 Å². The van der Waals surface area contributed by atoms with Crippen molar-refractivity contribution in [3.05, 3.63) is 95.7 Å². The Bertz CT molecular complexity index is 1680. The largest absolute Gasteiger partial charge is 0.481 e. The topological polar surface area (TPSA) is 112 Å². The number of carboxylic acid groups (broad SMARTS) is 1. The average molecular weight is 608 g/mol. The molecule has 1 aliphatic heterocycles. The van der Waals surface area contributed by atoms with Crippen molar-refractivity contribution in [1.82, 2.24) is 15.2 Å². The van der Waals surface area contributed by atoms with Crippen LogP contribution in [0.4, 0.5) is 4.79 Å². The lowest BCUT2D eigenvalue weighted by Gasteiger charge is -2.42. The van der Waals surface area contributed by atoms with Crippen LogP contribution in [0, 0.1) is 5.92 Å². The highest BCUT2D eigenvalue weighted by atomic mass is 16.6. The van der Waals surface area contributed by atoms with E-state index in [-0.39, 0.29) is 24.3 Å². The van der Waals surface area contributed by atoms with Gasteiger partial charge in [-0.15, -0.1) is 0 Å². The molecule has 1 aromatic heterocycles. The van der Waals surface area contributed by atoms with Crippen LogP contribution in [0.1, 0.15) is 75.7 Å². The summed E-state index contributed by atoms with van der Waals surface area (Å²) in [6.45, 7) is 5.49. The van der Waals surface area contributed by atoms with E-state index in [1.54, 1.807) is 4.90 Å². The number of H-pyrrole nitrogens is 1. The van der Waals surface area contributed by atoms with Gasteiger partial charge in [0, 0.05) is 35.5 Å². The van der Waals surface area contributed by atoms with Crippen LogP contribution >= 0.6 is 0 Å². The Kier molecular flexibility index (Phi) is 8.40. The molecule has 2 heterocycles. The number of hydrogen-bond acceptors (Lipinski definition) is 4. The summed E-state index contributed by atoms with van der Waals surface area (Å²) in [5, 5.41) is 13.5. The van der Waals surface area contributed by atoms with E-state index in [9.17, 15) is 19.5 Å². The summed E-state index contributed by atoms with van der Waals surface area (Å²) in [6, 6.07) is 24.9. The fourth-order valence-corrected chi connectivity index (χ4v) is 6.92. The standard InChI is InChI=1S/C37H41N3O5/c1-37(2,3)45-36(44)40-31(35(43)38-27-19-13-23(14-20-27)21-32(41)42)22-29-28-11-7-8-12-30(28)39-33(29)34(40)26-17-15-25(16-18-26)24-9-5-4-6-10-24/h4-12,15-18,23,27,31,34,39H,13-14,19-22H2,1-3H3,(H,38,43)(H,41,42)/t23?,27?,31-,34+/m1/s1. The van der Waals surface area contributed by atoms with Crippen molar-refractivity contribution in [1.29, 1.82) is 0 Å². The van der Waals surface area contributed by atoms with Gasteiger partial charge in [-0.2, -0.15) is 0 Å². The van der Waals surface area contributed by atoms with Crippen LogP contribution in [0.15, 0.2) is 78.9 Å². The third-order valence-electron chi connectivity index (χ3n) is 9.03. The summed E-state index contributed by atoms with van der Waals surface area (Å²) in [5.74, 6) is -0.875. The van der Waals surface area contributed by atoms with Gasteiger partial charge in [-0.05, 0) is 80.7 Å². The number of nitrogens with one attached hydrogen (secondary N) is 2. The first kappa shape index (κ1) is 30.4. The van der Waals surface area contributed by atoms with E-state index in [1.807, 2.05) is 69.3 Å². The Morgan fingerprint density at radius 3 is 2.20 bits per heavy atom. The zero-order valence-electron chi connectivity index (χ0n) is 26.1. The smallest absolute Gasteiger partial charge is 0.411 e. The number of rotatable bonds is 6. The summed E-state index contributed by atoms with van der Waals surface area (Å²) >= 11 is 0. The van der Waals surface area contributed by atoms with Crippen LogP contribution in [0.25, 0.3) is 22.0 Å². The molecule has 6 rings (SSSR count). The number of nitrogens with zero attached hydrogens (tertiary/aromatic N) is 1. The molecular weight excluding hydrogens is 566 g/mol. The number of fused-ring (bicyclic) bond motifs is 3. The molecule has 8 heteroatoms. The molecule has 2 aliphatic rings. The van der Waals surface area contributed by atoms with E-state index in [4.69, 9.17) is 4.74 Å². The number of carbonyl (C=O) groups is 3. The minimum absolute atomic E-state index is 0.0731. The summed E-state index contributed by atoms with van der Waals surface area (Å²) in [4.78, 5) is 44.8. The second-order valence-electron chi connectivity index (χ2n) is 13.4. The quantitative estimate of drug-likeness (QED) is 0.214. The number of para-hydroxylation sites is 1. The molecule has 4 aromatic rings. The van der Waals surface area contributed by atoms with Gasteiger partial charge in [0.15, 0.2) is 0 Å². The Hall–Kier alpha value is -4.59. The van der Waals surface area contributed by atoms with E-state index in [0.29, 0.717) is 19.3 Å². The lowest BCUT2D eigenvalue weighted by molar-refractivity contribution is -0.138. The molecular formula is C37H41N3O5. The molecule has 8 nitrogen and oxygen atoms in total. The molecule has 0 radical (unpaired) electrons. The highest BCUT2D eigenvalue weighted by Gasteiger charge is 2.45. The van der Waals surface area contributed by atoms with Crippen molar-refractivity contribution >= 4 is 28.9 Å². The minimum atomic E-state index is -0.804. The van der Waals surface area contributed by atoms with Crippen molar-refractivity contribution in [2.45, 2.75) is 83.0 Å². The van der Waals surface area contributed by atoms with E-state index < -0.39 is 29.7 Å². The third kappa shape index (κ3) is 6.60. The number of aromatic amines is 1. The van der Waals surface area contributed by atoms with Crippen LogP contribution in [0.2, 0.25) is 0 Å². The zero-order valence-corrected chi connectivity index (χ0v) is 26.1. The van der Waals surface area contributed by atoms with Crippen LogP contribution in [-0.2, 0) is 20.7 Å². The van der Waals surface area contributed by atoms with E-state index in [2.05, 4.69) is 40.6 Å². The van der Waals surface area contributed by atoms with Gasteiger partial charge in [0.2, 0.25) is 5.91 Å². The minimum Gasteiger partial charge on any atom is -0.481 e. The number of ether oxygens (including phenoxy) is 1. The molecule has 1 aliphatic carbocycles. The number of hydrogen-bond donors (Lipinski definition) is 3. The summed E-state index contributed by atoms with van der Waals surface area (Å²) in [6.07, 6.45) is 2.88. The molecule has 0 saturated heterocycles. The van der Waals surface area contributed by atoms with Gasteiger partial charge in [0.05, 0.1) is 0 Å². The van der Waals surface area contributed by atoms with E-state index in [1.165, 1.54) is 0 Å². The van der Waals surface area contributed by atoms with Crippen LogP contribution in [0.3, 0.4) is 0 Å². The lowest BCUT2D eigenvalue weighted by atomic mass is 9.83. The second kappa shape index (κ2) is 12.4. The Morgan fingerprint density at radius 2 is 1.53 bits per heavy atom. The highest BCUT2D eigenvalue weighted by Crippen LogP contribution is 2.42. The zero-order chi connectivity index (χ0) is 31.7. The van der Waals surface area contributed by atoms with Gasteiger partial charge in [-0.25, -0.2) is 4.79 Å². The second-order valence-corrected chi connectivity index (χ2v) is 13.4. The molecule has 0 spiro atoms. The first-order chi connectivity index (χ1) is 21.6. The van der Waals surface area contributed by atoms with Crippen LogP contribution < -0.4 is 5.32 Å². The Morgan fingerprint density at radius 1 is 0.889 bits per heavy atom. The summed E-state index contributed by atoms with van der Waals surface area (Å²) in [7, 11) is 0. The maximum absolute atomic E-state index is 14.2. The molecule has 3 N–H and O–H groups in total. The highest BCUT2D eigenvalue weighted by molar-refractivity contribution is 5.91. The van der Waals surface area contributed by atoms with Gasteiger partial charge in [-0.3, -0.25) is 14.5 Å². The Balaban J connectivity index is 1.39. The van der Waals surface area contributed by atoms with E-state index >= 15 is 0 Å². The number of amides is 2. The molecule has 0 bridgehead atoms. The van der Waals surface area contributed by atoms with Gasteiger partial charge >= 0.3 is 12.1 Å². The van der Waals surface area contributed by atoms with Crippen molar-refractivity contribution in [3.63, 3.8) is 0 Å². The predicted molar refractivity (Wildman–Crippen MR) is 174 cm³/mol. The van der Waals surface area contributed by atoms with Crippen molar-refractivity contribution in [2.24, 2.45) is 5.92 Å². The van der Waals surface area contributed by atoms with Crippen LogP contribution in [-0.4, -0.2) is 50.6 Å². The fraction of sp³-hybridized carbons (Fsp3) is 0.378. The average Bonchev–Trinajstić information content (AvgIpc) is 3.39. The number of benzene rings is 3. The summed E-state index contributed by atoms with van der Waals surface area (Å²) in [5.41, 5.74) is 5.13. The van der Waals surface area contributed by atoms with Crippen molar-refractivity contribution in [3.8, 4) is 11.1 Å². The molecule has 1 saturated carbocycles. The van der Waals surface area contributed by atoms with Crippen molar-refractivity contribution in [2.75, 3.05) is 0 Å². The van der Waals surface area contributed by atoms with Crippen molar-refractivity contribution < 1.29 is 24.2 Å². The molecule has 1 fully saturated rings. The monoisotopic (exact) mass is 607 g/mol. The molecule has 45 heavy (non-hydrogen) atoms. The van der Waals surface area contributed by atoms with Gasteiger partial charge < -0.3 is 20.1 Å². The van der Waals surface area contributed by atoms with Crippen LogP contribution in [0.5, 0.6) is 0 Å². The van der Waals surface area contributed by atoms with Gasteiger partial charge in [0.25, 0.3) is 0 Å². The SMILES string of the molecule is CC(C)(C)OC(=O)N1[C@@H](c2ccc(-c3ccccc3)cc2)c2[nH]c3ccccc3c2C[C@@H]1C(=O)NC1CCC(CC(=O)O)CC1. The molecule has 2 atom stereocenters. The molecule has 0 unspecified atom stereocenters. The first-order valence-corrected chi connectivity index (χ1v) is 15.9. The van der Waals surface area contributed by atoms with E-state index in [0.717, 1.165) is 51.7 Å². The lowest BCUT2D eigenvalue weighted by Crippen LogP contribution is -2.57. The third-order valence-corrected chi connectivity index (χ3v) is 9.03. The maximum atomic E-state index is 14.2. The molecule has 234 valence electrons. The number of aromatic nitrogens is 1. The van der Waals surface area contributed by atoms with Gasteiger partial charge in [0.1, 0.15) is 17.7 Å². The molecule has 3 aromatic carbocycles. The number of aliphatic carboxylic acids is 1. The first-order valence-electron chi connectivity index (χ1n) is 15.9. The maximum Gasteiger partial charge on any atom is 0.411 e. The summed E-state index contributed by atoms with van der Waals surface area (Å²) < 4.78 is 5.97. The number of carboxylic acids is 1. The normalized spacial score (nSPS) is 21.6. The molecule has 2 amide bonds. The Labute approximate surface area is 263 Å². The number of carbonyl (C=O) groups excluding carboxylic acids is 2. The fourth-order valence-electron chi connectivity index (χ4n) is 6.92.